The molecule has 2 fully saturated rings. The Morgan fingerprint density at radius 2 is 2.23 bits per heavy atom. The van der Waals surface area contributed by atoms with Gasteiger partial charge in [0.25, 0.3) is 5.91 Å². The van der Waals surface area contributed by atoms with E-state index in [9.17, 15) is 4.79 Å². The van der Waals surface area contributed by atoms with E-state index in [1.54, 1.807) is 7.11 Å². The predicted octanol–water partition coefficient (Wildman–Crippen LogP) is 1.83. The van der Waals surface area contributed by atoms with Crippen molar-refractivity contribution in [3.05, 3.63) is 24.0 Å². The number of imidazole rings is 1. The summed E-state index contributed by atoms with van der Waals surface area (Å²) in [6.07, 6.45) is 3.59. The van der Waals surface area contributed by atoms with Crippen molar-refractivity contribution in [3.8, 4) is 5.75 Å². The van der Waals surface area contributed by atoms with E-state index < -0.39 is 0 Å². The SMILES string of the molecule is COc1ccc2nc(CNC3CCN(C(=O)C4CCCO4)CC3)[nH]c2c1. The van der Waals surface area contributed by atoms with Gasteiger partial charge >= 0.3 is 0 Å². The Kier molecular flexibility index (Phi) is 5.08. The van der Waals surface area contributed by atoms with E-state index >= 15 is 0 Å². The third-order valence-corrected chi connectivity index (χ3v) is 5.31. The van der Waals surface area contributed by atoms with Crippen molar-refractivity contribution >= 4 is 16.9 Å². The minimum Gasteiger partial charge on any atom is -0.497 e. The van der Waals surface area contributed by atoms with E-state index in [-0.39, 0.29) is 12.0 Å². The first-order chi connectivity index (χ1) is 12.7. The Morgan fingerprint density at radius 3 is 2.96 bits per heavy atom. The second-order valence-electron chi connectivity index (χ2n) is 7.05. The summed E-state index contributed by atoms with van der Waals surface area (Å²) in [4.78, 5) is 22.3. The molecule has 140 valence electrons. The quantitative estimate of drug-likeness (QED) is 0.852. The van der Waals surface area contributed by atoms with Crippen LogP contribution in [0.1, 0.15) is 31.5 Å². The van der Waals surface area contributed by atoms with Crippen LogP contribution in [0.25, 0.3) is 11.0 Å². The van der Waals surface area contributed by atoms with Crippen LogP contribution in [0.4, 0.5) is 0 Å². The number of benzene rings is 1. The highest BCUT2D eigenvalue weighted by atomic mass is 16.5. The second-order valence-corrected chi connectivity index (χ2v) is 7.05. The molecule has 0 spiro atoms. The molecule has 7 nitrogen and oxygen atoms in total. The molecule has 4 rings (SSSR count). The van der Waals surface area contributed by atoms with Crippen LogP contribution in [0.5, 0.6) is 5.75 Å². The van der Waals surface area contributed by atoms with E-state index in [1.165, 1.54) is 0 Å². The Morgan fingerprint density at radius 1 is 1.38 bits per heavy atom. The molecular formula is C19H26N4O3. The highest BCUT2D eigenvalue weighted by Gasteiger charge is 2.30. The smallest absolute Gasteiger partial charge is 0.251 e. The monoisotopic (exact) mass is 358 g/mol. The Bertz CT molecular complexity index is 761. The topological polar surface area (TPSA) is 79.5 Å². The Labute approximate surface area is 153 Å². The number of ether oxygens (including phenoxy) is 2. The van der Waals surface area contributed by atoms with Crippen molar-refractivity contribution in [2.24, 2.45) is 0 Å². The molecule has 3 heterocycles. The summed E-state index contributed by atoms with van der Waals surface area (Å²) in [5.74, 6) is 1.92. The number of carbonyl (C=O) groups is 1. The van der Waals surface area contributed by atoms with Crippen LogP contribution in [-0.2, 0) is 16.1 Å². The second kappa shape index (κ2) is 7.63. The first-order valence-corrected chi connectivity index (χ1v) is 9.39. The first-order valence-electron chi connectivity index (χ1n) is 9.39. The van der Waals surface area contributed by atoms with Crippen LogP contribution in [0, 0.1) is 0 Å². The summed E-state index contributed by atoms with van der Waals surface area (Å²) >= 11 is 0. The molecule has 2 N–H and O–H groups in total. The fourth-order valence-electron chi connectivity index (χ4n) is 3.77. The minimum absolute atomic E-state index is 0.173. The van der Waals surface area contributed by atoms with Gasteiger partial charge in [0, 0.05) is 31.8 Å². The fraction of sp³-hybridized carbons (Fsp3) is 0.579. The maximum absolute atomic E-state index is 12.4. The number of piperidine rings is 1. The van der Waals surface area contributed by atoms with Gasteiger partial charge in [0.15, 0.2) is 0 Å². The number of rotatable bonds is 5. The van der Waals surface area contributed by atoms with Crippen LogP contribution >= 0.6 is 0 Å². The van der Waals surface area contributed by atoms with Gasteiger partial charge in [0.2, 0.25) is 0 Å². The zero-order valence-corrected chi connectivity index (χ0v) is 15.2. The Balaban J connectivity index is 1.27. The van der Waals surface area contributed by atoms with Gasteiger partial charge in [-0.25, -0.2) is 4.98 Å². The first kappa shape index (κ1) is 17.3. The summed E-state index contributed by atoms with van der Waals surface area (Å²) in [5.41, 5.74) is 1.93. The number of H-pyrrole nitrogens is 1. The average Bonchev–Trinajstić information content (AvgIpc) is 3.35. The van der Waals surface area contributed by atoms with Crippen molar-refractivity contribution in [1.82, 2.24) is 20.2 Å². The number of nitrogens with one attached hydrogen (secondary N) is 2. The summed E-state index contributed by atoms with van der Waals surface area (Å²) in [6.45, 7) is 3.01. The molecule has 7 heteroatoms. The molecule has 1 aromatic heterocycles. The van der Waals surface area contributed by atoms with Gasteiger partial charge in [0.05, 0.1) is 24.7 Å². The van der Waals surface area contributed by atoms with Crippen molar-refractivity contribution < 1.29 is 14.3 Å². The number of methoxy groups -OCH3 is 1. The maximum atomic E-state index is 12.4. The minimum atomic E-state index is -0.202. The van der Waals surface area contributed by atoms with E-state index in [4.69, 9.17) is 9.47 Å². The number of aromatic amines is 1. The lowest BCUT2D eigenvalue weighted by Crippen LogP contribution is -2.47. The molecule has 2 aliphatic rings. The van der Waals surface area contributed by atoms with Gasteiger partial charge in [-0.1, -0.05) is 0 Å². The molecule has 1 aromatic carbocycles. The molecule has 0 radical (unpaired) electrons. The van der Waals surface area contributed by atoms with E-state index in [0.717, 1.165) is 68.0 Å². The molecule has 2 saturated heterocycles. The standard InChI is InChI=1S/C19H26N4O3/c1-25-14-4-5-15-16(11-14)22-18(21-15)12-20-13-6-8-23(9-7-13)19(24)17-3-2-10-26-17/h4-5,11,13,17,20H,2-3,6-10,12H2,1H3,(H,21,22). The van der Waals surface area contributed by atoms with Gasteiger partial charge in [-0.2, -0.15) is 0 Å². The highest BCUT2D eigenvalue weighted by molar-refractivity contribution is 5.81. The molecule has 0 aliphatic carbocycles. The van der Waals surface area contributed by atoms with Crippen LogP contribution in [0.2, 0.25) is 0 Å². The molecule has 1 amide bonds. The molecule has 0 bridgehead atoms. The van der Waals surface area contributed by atoms with Gasteiger partial charge in [-0.05, 0) is 37.8 Å². The highest BCUT2D eigenvalue weighted by Crippen LogP contribution is 2.20. The number of amides is 1. The van der Waals surface area contributed by atoms with Crippen molar-refractivity contribution in [2.45, 2.75) is 44.4 Å². The molecule has 1 unspecified atom stereocenters. The fourth-order valence-corrected chi connectivity index (χ4v) is 3.77. The number of hydrogen-bond acceptors (Lipinski definition) is 5. The molecule has 0 saturated carbocycles. The van der Waals surface area contributed by atoms with E-state index in [0.29, 0.717) is 12.6 Å². The molecule has 1 atom stereocenters. The van der Waals surface area contributed by atoms with E-state index in [2.05, 4.69) is 15.3 Å². The van der Waals surface area contributed by atoms with Crippen LogP contribution in [0.3, 0.4) is 0 Å². The molecule has 2 aliphatic heterocycles. The van der Waals surface area contributed by atoms with Gasteiger partial charge in [-0.3, -0.25) is 4.79 Å². The average molecular weight is 358 g/mol. The van der Waals surface area contributed by atoms with Gasteiger partial charge < -0.3 is 24.7 Å². The summed E-state index contributed by atoms with van der Waals surface area (Å²) in [6, 6.07) is 6.25. The predicted molar refractivity (Wildman–Crippen MR) is 98.1 cm³/mol. The molecule has 26 heavy (non-hydrogen) atoms. The zero-order valence-electron chi connectivity index (χ0n) is 15.2. The van der Waals surface area contributed by atoms with Crippen LogP contribution in [0.15, 0.2) is 18.2 Å². The number of likely N-dealkylation sites (tertiary alicyclic amines) is 1. The summed E-state index contributed by atoms with van der Waals surface area (Å²) < 4.78 is 10.8. The lowest BCUT2D eigenvalue weighted by Gasteiger charge is -2.33. The van der Waals surface area contributed by atoms with Gasteiger partial charge in [0.1, 0.15) is 17.7 Å². The summed E-state index contributed by atoms with van der Waals surface area (Å²) in [5, 5.41) is 3.56. The third kappa shape index (κ3) is 3.68. The van der Waals surface area contributed by atoms with Gasteiger partial charge in [-0.15, -0.1) is 0 Å². The number of carbonyl (C=O) groups excluding carboxylic acids is 1. The third-order valence-electron chi connectivity index (χ3n) is 5.31. The largest absolute Gasteiger partial charge is 0.497 e. The zero-order chi connectivity index (χ0) is 17.9. The Hall–Kier alpha value is -2.12. The molecule has 2 aromatic rings. The lowest BCUT2D eigenvalue weighted by atomic mass is 10.0. The van der Waals surface area contributed by atoms with Crippen LogP contribution < -0.4 is 10.1 Å². The maximum Gasteiger partial charge on any atom is 0.251 e. The number of aromatic nitrogens is 2. The lowest BCUT2D eigenvalue weighted by molar-refractivity contribution is -0.142. The number of hydrogen-bond donors (Lipinski definition) is 2. The van der Waals surface area contributed by atoms with Crippen molar-refractivity contribution in [1.29, 1.82) is 0 Å². The summed E-state index contributed by atoms with van der Waals surface area (Å²) in [7, 11) is 1.66. The molecular weight excluding hydrogens is 332 g/mol. The van der Waals surface area contributed by atoms with Crippen LogP contribution in [-0.4, -0.2) is 59.7 Å². The van der Waals surface area contributed by atoms with E-state index in [1.807, 2.05) is 23.1 Å². The normalized spacial score (nSPS) is 21.4. The number of nitrogens with zero attached hydrogens (tertiary/aromatic N) is 2. The van der Waals surface area contributed by atoms with Crippen molar-refractivity contribution in [2.75, 3.05) is 26.8 Å². The number of fused-ring (bicyclic) bond motifs is 1. The van der Waals surface area contributed by atoms with Crippen molar-refractivity contribution in [3.63, 3.8) is 0 Å².